The SMILES string of the molecule is CC(C)(C)NCc1ccc(CN2CCn3ccnc3C2)s1. The van der Waals surface area contributed by atoms with Crippen molar-refractivity contribution >= 4 is 11.3 Å². The van der Waals surface area contributed by atoms with Crippen LogP contribution in [0.5, 0.6) is 0 Å². The molecule has 1 aliphatic heterocycles. The molecule has 2 aromatic rings. The van der Waals surface area contributed by atoms with Crippen molar-refractivity contribution in [1.29, 1.82) is 0 Å². The highest BCUT2D eigenvalue weighted by atomic mass is 32.1. The van der Waals surface area contributed by atoms with Gasteiger partial charge < -0.3 is 9.88 Å². The van der Waals surface area contributed by atoms with Crippen molar-refractivity contribution in [3.63, 3.8) is 0 Å². The average Bonchev–Trinajstić information content (AvgIpc) is 3.04. The van der Waals surface area contributed by atoms with Gasteiger partial charge in [0.1, 0.15) is 5.82 Å². The monoisotopic (exact) mass is 304 g/mol. The molecule has 0 aliphatic carbocycles. The van der Waals surface area contributed by atoms with E-state index in [2.05, 4.69) is 58.9 Å². The molecular weight excluding hydrogens is 280 g/mol. The smallest absolute Gasteiger partial charge is 0.122 e. The van der Waals surface area contributed by atoms with Crippen molar-refractivity contribution in [2.75, 3.05) is 6.54 Å². The van der Waals surface area contributed by atoms with Gasteiger partial charge in [-0.25, -0.2) is 4.98 Å². The van der Waals surface area contributed by atoms with Crippen molar-refractivity contribution < 1.29 is 0 Å². The molecule has 2 aromatic heterocycles. The molecule has 3 rings (SSSR count). The quantitative estimate of drug-likeness (QED) is 0.943. The van der Waals surface area contributed by atoms with E-state index in [4.69, 9.17) is 0 Å². The standard InChI is InChI=1S/C16H24N4S/c1-16(2,3)18-10-13-4-5-14(21-13)11-19-8-9-20-7-6-17-15(20)12-19/h4-7,18H,8-12H2,1-3H3. The second-order valence-corrected chi connectivity index (χ2v) is 7.97. The highest BCUT2D eigenvalue weighted by Gasteiger charge is 2.17. The summed E-state index contributed by atoms with van der Waals surface area (Å²) in [4.78, 5) is 9.77. The predicted octanol–water partition coefficient (Wildman–Crippen LogP) is 2.85. The Morgan fingerprint density at radius 3 is 2.86 bits per heavy atom. The van der Waals surface area contributed by atoms with Crippen LogP contribution in [-0.2, 0) is 26.2 Å². The van der Waals surface area contributed by atoms with E-state index in [-0.39, 0.29) is 5.54 Å². The number of imidazole rings is 1. The van der Waals surface area contributed by atoms with Gasteiger partial charge >= 0.3 is 0 Å². The van der Waals surface area contributed by atoms with Crippen LogP contribution in [0.1, 0.15) is 36.3 Å². The molecular formula is C16H24N4S. The van der Waals surface area contributed by atoms with Gasteiger partial charge in [0, 0.05) is 53.9 Å². The second kappa shape index (κ2) is 5.91. The molecule has 0 fully saturated rings. The molecule has 0 bridgehead atoms. The molecule has 0 radical (unpaired) electrons. The zero-order chi connectivity index (χ0) is 14.9. The van der Waals surface area contributed by atoms with Crippen LogP contribution in [0, 0.1) is 0 Å². The van der Waals surface area contributed by atoms with Crippen LogP contribution in [0.25, 0.3) is 0 Å². The minimum atomic E-state index is 0.175. The van der Waals surface area contributed by atoms with Crippen LogP contribution in [0.3, 0.4) is 0 Å². The van der Waals surface area contributed by atoms with Crippen LogP contribution in [0.2, 0.25) is 0 Å². The van der Waals surface area contributed by atoms with E-state index in [9.17, 15) is 0 Å². The number of nitrogens with one attached hydrogen (secondary N) is 1. The van der Waals surface area contributed by atoms with Gasteiger partial charge in [-0.05, 0) is 32.9 Å². The first-order valence-corrected chi connectivity index (χ1v) is 8.36. The Balaban J connectivity index is 1.56. The van der Waals surface area contributed by atoms with E-state index in [0.717, 1.165) is 32.7 Å². The van der Waals surface area contributed by atoms with Gasteiger partial charge in [0.05, 0.1) is 6.54 Å². The third kappa shape index (κ3) is 3.93. The summed E-state index contributed by atoms with van der Waals surface area (Å²) in [6.07, 6.45) is 3.98. The Hall–Kier alpha value is -1.17. The molecule has 1 N–H and O–H groups in total. The molecule has 114 valence electrons. The highest BCUT2D eigenvalue weighted by molar-refractivity contribution is 7.11. The van der Waals surface area contributed by atoms with E-state index in [1.165, 1.54) is 15.6 Å². The fourth-order valence-corrected chi connectivity index (χ4v) is 3.53. The topological polar surface area (TPSA) is 33.1 Å². The number of hydrogen-bond acceptors (Lipinski definition) is 4. The minimum absolute atomic E-state index is 0.175. The van der Waals surface area contributed by atoms with Gasteiger partial charge in [0.2, 0.25) is 0 Å². The Morgan fingerprint density at radius 1 is 1.24 bits per heavy atom. The zero-order valence-electron chi connectivity index (χ0n) is 13.1. The van der Waals surface area contributed by atoms with Crippen molar-refractivity contribution in [1.82, 2.24) is 19.8 Å². The van der Waals surface area contributed by atoms with Crippen LogP contribution < -0.4 is 5.32 Å². The van der Waals surface area contributed by atoms with Crippen molar-refractivity contribution in [3.05, 3.63) is 40.1 Å². The number of rotatable bonds is 4. The third-order valence-corrected chi connectivity index (χ3v) is 4.78. The number of fused-ring (bicyclic) bond motifs is 1. The molecule has 0 atom stereocenters. The number of nitrogens with zero attached hydrogens (tertiary/aromatic N) is 3. The van der Waals surface area contributed by atoms with Crippen molar-refractivity contribution in [2.45, 2.75) is 52.5 Å². The largest absolute Gasteiger partial charge is 0.333 e. The maximum Gasteiger partial charge on any atom is 0.122 e. The predicted molar refractivity (Wildman–Crippen MR) is 87.3 cm³/mol. The Bertz CT molecular complexity index is 593. The van der Waals surface area contributed by atoms with E-state index in [1.54, 1.807) is 0 Å². The molecule has 0 amide bonds. The van der Waals surface area contributed by atoms with Crippen LogP contribution in [-0.4, -0.2) is 26.5 Å². The molecule has 5 heteroatoms. The van der Waals surface area contributed by atoms with Gasteiger partial charge in [-0.3, -0.25) is 4.90 Å². The molecule has 1 aliphatic rings. The van der Waals surface area contributed by atoms with Gasteiger partial charge in [0.15, 0.2) is 0 Å². The molecule has 0 aromatic carbocycles. The van der Waals surface area contributed by atoms with E-state index in [0.29, 0.717) is 0 Å². The highest BCUT2D eigenvalue weighted by Crippen LogP contribution is 2.21. The van der Waals surface area contributed by atoms with E-state index < -0.39 is 0 Å². The summed E-state index contributed by atoms with van der Waals surface area (Å²) in [5, 5.41) is 3.55. The Labute approximate surface area is 130 Å². The Morgan fingerprint density at radius 2 is 2.05 bits per heavy atom. The number of hydrogen-bond donors (Lipinski definition) is 1. The molecule has 4 nitrogen and oxygen atoms in total. The van der Waals surface area contributed by atoms with Crippen LogP contribution in [0.15, 0.2) is 24.5 Å². The summed E-state index contributed by atoms with van der Waals surface area (Å²) in [5.41, 5.74) is 0.175. The van der Waals surface area contributed by atoms with E-state index in [1.807, 2.05) is 17.5 Å². The Kier molecular flexibility index (Phi) is 4.15. The summed E-state index contributed by atoms with van der Waals surface area (Å²) >= 11 is 1.92. The zero-order valence-corrected chi connectivity index (χ0v) is 13.9. The van der Waals surface area contributed by atoms with Gasteiger partial charge in [-0.2, -0.15) is 0 Å². The normalized spacial score (nSPS) is 16.1. The molecule has 0 saturated heterocycles. The van der Waals surface area contributed by atoms with Crippen LogP contribution >= 0.6 is 11.3 Å². The van der Waals surface area contributed by atoms with Crippen LogP contribution in [0.4, 0.5) is 0 Å². The molecule has 21 heavy (non-hydrogen) atoms. The van der Waals surface area contributed by atoms with Gasteiger partial charge in [-0.15, -0.1) is 11.3 Å². The van der Waals surface area contributed by atoms with Gasteiger partial charge in [-0.1, -0.05) is 0 Å². The first kappa shape index (κ1) is 14.8. The summed E-state index contributed by atoms with van der Waals surface area (Å²) in [6.45, 7) is 11.7. The minimum Gasteiger partial charge on any atom is -0.333 e. The molecule has 0 spiro atoms. The fraction of sp³-hybridized carbons (Fsp3) is 0.562. The number of thiophene rings is 1. The average molecular weight is 304 g/mol. The summed E-state index contributed by atoms with van der Waals surface area (Å²) in [7, 11) is 0. The first-order chi connectivity index (χ1) is 9.99. The maximum absolute atomic E-state index is 4.42. The maximum atomic E-state index is 4.42. The lowest BCUT2D eigenvalue weighted by Gasteiger charge is -2.26. The summed E-state index contributed by atoms with van der Waals surface area (Å²) in [6, 6.07) is 4.52. The lowest BCUT2D eigenvalue weighted by Crippen LogP contribution is -2.34. The first-order valence-electron chi connectivity index (χ1n) is 7.55. The van der Waals surface area contributed by atoms with Gasteiger partial charge in [0.25, 0.3) is 0 Å². The fourth-order valence-electron chi connectivity index (χ4n) is 2.53. The lowest BCUT2D eigenvalue weighted by molar-refractivity contribution is 0.210. The number of aromatic nitrogens is 2. The third-order valence-electron chi connectivity index (χ3n) is 3.71. The van der Waals surface area contributed by atoms with Crippen molar-refractivity contribution in [3.8, 4) is 0 Å². The second-order valence-electron chi connectivity index (χ2n) is 6.72. The lowest BCUT2D eigenvalue weighted by atomic mass is 10.1. The summed E-state index contributed by atoms with van der Waals surface area (Å²) in [5.74, 6) is 1.19. The molecule has 0 saturated carbocycles. The van der Waals surface area contributed by atoms with E-state index >= 15 is 0 Å². The molecule has 3 heterocycles. The van der Waals surface area contributed by atoms with Crippen molar-refractivity contribution in [2.24, 2.45) is 0 Å². The summed E-state index contributed by atoms with van der Waals surface area (Å²) < 4.78 is 2.25. The molecule has 0 unspecified atom stereocenters.